The molecule has 1 aliphatic rings. The summed E-state index contributed by atoms with van der Waals surface area (Å²) in [4.78, 5) is 28.5. The number of hydrogen-bond acceptors (Lipinski definition) is 4. The van der Waals surface area contributed by atoms with Crippen LogP contribution in [0.2, 0.25) is 5.02 Å². The van der Waals surface area contributed by atoms with Crippen LogP contribution in [-0.4, -0.2) is 60.9 Å². The molecule has 0 aromatic heterocycles. The second-order valence-corrected chi connectivity index (χ2v) is 7.74. The quantitative estimate of drug-likeness (QED) is 0.673. The fraction of sp³-hybridized carbons (Fsp3) is 0.364. The summed E-state index contributed by atoms with van der Waals surface area (Å²) in [5, 5.41) is 5.81. The van der Waals surface area contributed by atoms with Gasteiger partial charge < -0.3 is 15.5 Å². The van der Waals surface area contributed by atoms with Crippen molar-refractivity contribution in [2.24, 2.45) is 0 Å². The first-order chi connectivity index (χ1) is 14.5. The normalized spacial score (nSPS) is 15.0. The third kappa shape index (κ3) is 7.09. The Morgan fingerprint density at radius 1 is 0.967 bits per heavy atom. The van der Waals surface area contributed by atoms with E-state index >= 15 is 0 Å². The van der Waals surface area contributed by atoms with Crippen molar-refractivity contribution in [1.29, 1.82) is 0 Å². The summed E-state index contributed by atoms with van der Waals surface area (Å²) < 4.78 is 13.8. The van der Waals surface area contributed by atoms with E-state index in [0.29, 0.717) is 19.6 Å². The molecule has 1 heterocycles. The summed E-state index contributed by atoms with van der Waals surface area (Å²) >= 11 is 5.72. The number of hydrogen-bond donors (Lipinski definition) is 2. The highest BCUT2D eigenvalue weighted by Gasteiger charge is 2.19. The van der Waals surface area contributed by atoms with Crippen molar-refractivity contribution in [1.82, 2.24) is 15.1 Å². The van der Waals surface area contributed by atoms with Crippen LogP contribution < -0.4 is 10.6 Å². The highest BCUT2D eigenvalue weighted by Crippen LogP contribution is 2.19. The van der Waals surface area contributed by atoms with Crippen molar-refractivity contribution in [2.45, 2.75) is 13.0 Å². The predicted octanol–water partition coefficient (Wildman–Crippen LogP) is 2.74. The molecule has 0 aliphatic carbocycles. The van der Waals surface area contributed by atoms with Crippen LogP contribution >= 0.6 is 11.6 Å². The molecule has 2 N–H and O–H groups in total. The third-order valence-corrected chi connectivity index (χ3v) is 5.26. The van der Waals surface area contributed by atoms with Crippen molar-refractivity contribution in [3.8, 4) is 0 Å². The topological polar surface area (TPSA) is 64.7 Å². The van der Waals surface area contributed by atoms with Gasteiger partial charge in [-0.2, -0.15) is 0 Å². The van der Waals surface area contributed by atoms with Gasteiger partial charge in [0.05, 0.1) is 12.2 Å². The van der Waals surface area contributed by atoms with E-state index in [-0.39, 0.29) is 28.9 Å². The van der Waals surface area contributed by atoms with E-state index in [4.69, 9.17) is 11.6 Å². The van der Waals surface area contributed by atoms with Crippen molar-refractivity contribution in [3.63, 3.8) is 0 Å². The summed E-state index contributed by atoms with van der Waals surface area (Å²) in [6, 6.07) is 14.0. The number of benzene rings is 2. The molecule has 0 unspecified atom stereocenters. The molecule has 0 radical (unpaired) electrons. The van der Waals surface area contributed by atoms with Gasteiger partial charge in [-0.1, -0.05) is 41.9 Å². The monoisotopic (exact) mass is 432 g/mol. The zero-order valence-corrected chi connectivity index (χ0v) is 17.5. The van der Waals surface area contributed by atoms with Gasteiger partial charge in [0.25, 0.3) is 0 Å². The van der Waals surface area contributed by atoms with E-state index < -0.39 is 5.82 Å². The lowest BCUT2D eigenvalue weighted by molar-refractivity contribution is -0.122. The molecule has 0 saturated carbocycles. The third-order valence-electron chi connectivity index (χ3n) is 5.02. The molecule has 8 heteroatoms. The summed E-state index contributed by atoms with van der Waals surface area (Å²) in [6.07, 6.45) is 0.277. The van der Waals surface area contributed by atoms with Gasteiger partial charge in [0, 0.05) is 50.7 Å². The van der Waals surface area contributed by atoms with Gasteiger partial charge in [0.15, 0.2) is 0 Å². The van der Waals surface area contributed by atoms with E-state index in [1.54, 1.807) is 0 Å². The van der Waals surface area contributed by atoms with Gasteiger partial charge in [-0.05, 0) is 23.8 Å². The van der Waals surface area contributed by atoms with Crippen LogP contribution in [-0.2, 0) is 16.1 Å². The summed E-state index contributed by atoms with van der Waals surface area (Å²) in [6.45, 7) is 4.61. The van der Waals surface area contributed by atoms with E-state index in [0.717, 1.165) is 31.7 Å². The Hall–Kier alpha value is -2.48. The molecule has 30 heavy (non-hydrogen) atoms. The van der Waals surface area contributed by atoms with Crippen LogP contribution in [0.15, 0.2) is 48.5 Å². The van der Waals surface area contributed by atoms with E-state index in [1.807, 2.05) is 30.3 Å². The maximum absolute atomic E-state index is 13.8. The Labute approximate surface area is 181 Å². The first kappa shape index (κ1) is 22.2. The lowest BCUT2D eigenvalue weighted by Crippen LogP contribution is -2.49. The molecular weight excluding hydrogens is 407 g/mol. The number of rotatable bonds is 8. The number of nitrogens with zero attached hydrogens (tertiary/aromatic N) is 2. The van der Waals surface area contributed by atoms with Crippen molar-refractivity contribution < 1.29 is 14.0 Å². The molecule has 2 amide bonds. The fourth-order valence-corrected chi connectivity index (χ4v) is 3.45. The second-order valence-electron chi connectivity index (χ2n) is 7.30. The molecule has 1 saturated heterocycles. The van der Waals surface area contributed by atoms with Crippen LogP contribution in [0, 0.1) is 5.82 Å². The Kier molecular flexibility index (Phi) is 8.19. The number of carbonyl (C=O) groups is 2. The summed E-state index contributed by atoms with van der Waals surface area (Å²) in [7, 11) is 0. The lowest BCUT2D eigenvalue weighted by Gasteiger charge is -2.34. The zero-order chi connectivity index (χ0) is 21.3. The number of anilines is 1. The number of piperazine rings is 1. The molecule has 3 rings (SSSR count). The number of halogens is 2. The minimum atomic E-state index is -0.546. The maximum atomic E-state index is 13.8. The minimum absolute atomic E-state index is 0.0108. The highest BCUT2D eigenvalue weighted by atomic mass is 35.5. The summed E-state index contributed by atoms with van der Waals surface area (Å²) in [5.74, 6) is -0.773. The zero-order valence-electron chi connectivity index (χ0n) is 16.7. The van der Waals surface area contributed by atoms with Gasteiger partial charge in [-0.3, -0.25) is 14.5 Å². The van der Waals surface area contributed by atoms with Crippen molar-refractivity contribution >= 4 is 29.1 Å². The summed E-state index contributed by atoms with van der Waals surface area (Å²) in [5.41, 5.74) is 1.21. The minimum Gasteiger partial charge on any atom is -0.351 e. The van der Waals surface area contributed by atoms with Crippen molar-refractivity contribution in [2.75, 3.05) is 44.6 Å². The molecule has 160 valence electrons. The first-order valence-corrected chi connectivity index (χ1v) is 10.4. The van der Waals surface area contributed by atoms with Crippen LogP contribution in [0.1, 0.15) is 12.0 Å². The Balaban J connectivity index is 1.32. The molecule has 1 fully saturated rings. The van der Waals surface area contributed by atoms with Gasteiger partial charge in [-0.25, -0.2) is 4.39 Å². The largest absolute Gasteiger partial charge is 0.351 e. The van der Waals surface area contributed by atoms with E-state index in [1.165, 1.54) is 18.2 Å². The number of carbonyl (C=O) groups excluding carboxylic acids is 2. The second kappa shape index (κ2) is 11.1. The highest BCUT2D eigenvalue weighted by molar-refractivity contribution is 6.30. The Morgan fingerprint density at radius 2 is 1.67 bits per heavy atom. The molecule has 0 bridgehead atoms. The predicted molar refractivity (Wildman–Crippen MR) is 116 cm³/mol. The van der Waals surface area contributed by atoms with Gasteiger partial charge in [-0.15, -0.1) is 0 Å². The van der Waals surface area contributed by atoms with E-state index in [9.17, 15) is 14.0 Å². The van der Waals surface area contributed by atoms with Crippen LogP contribution in [0.5, 0.6) is 0 Å². The smallest absolute Gasteiger partial charge is 0.234 e. The number of nitrogens with one attached hydrogen (secondary N) is 2. The average Bonchev–Trinajstić information content (AvgIpc) is 2.74. The van der Waals surface area contributed by atoms with Crippen LogP contribution in [0.25, 0.3) is 0 Å². The standard InChI is InChI=1S/C22H26ClFN4O2/c23-18-6-7-20(19(24)14-18)26-21(29)8-9-27-10-12-28(13-11-27)16-22(30)25-15-17-4-2-1-3-5-17/h1-7,14H,8-13,15-16H2,(H,25,30)(H,26,29). The molecule has 1 aliphatic heterocycles. The first-order valence-electron chi connectivity index (χ1n) is 10.00. The molecular formula is C22H26ClFN4O2. The van der Waals surface area contributed by atoms with Crippen LogP contribution in [0.3, 0.4) is 0 Å². The number of amides is 2. The lowest BCUT2D eigenvalue weighted by atomic mass is 10.2. The van der Waals surface area contributed by atoms with Gasteiger partial charge in [0.2, 0.25) is 11.8 Å². The molecule has 6 nitrogen and oxygen atoms in total. The molecule has 2 aromatic rings. The van der Waals surface area contributed by atoms with Crippen LogP contribution in [0.4, 0.5) is 10.1 Å². The average molecular weight is 433 g/mol. The Morgan fingerprint density at radius 3 is 2.37 bits per heavy atom. The van der Waals surface area contributed by atoms with Gasteiger partial charge >= 0.3 is 0 Å². The van der Waals surface area contributed by atoms with Crippen molar-refractivity contribution in [3.05, 3.63) is 64.9 Å². The SMILES string of the molecule is O=C(CN1CCN(CCC(=O)Nc2ccc(Cl)cc2F)CC1)NCc1ccccc1. The maximum Gasteiger partial charge on any atom is 0.234 e. The van der Waals surface area contributed by atoms with Gasteiger partial charge in [0.1, 0.15) is 5.82 Å². The molecule has 0 spiro atoms. The van der Waals surface area contributed by atoms with E-state index in [2.05, 4.69) is 20.4 Å². The fourth-order valence-electron chi connectivity index (χ4n) is 3.29. The molecule has 0 atom stereocenters. The Bertz CT molecular complexity index is 857. The molecule has 2 aromatic carbocycles.